The van der Waals surface area contributed by atoms with Crippen molar-refractivity contribution in [2.24, 2.45) is 0 Å². The Morgan fingerprint density at radius 2 is 1.78 bits per heavy atom. The zero-order valence-corrected chi connectivity index (χ0v) is 23.1. The Kier molecular flexibility index (Phi) is 6.33. The first kappa shape index (κ1) is 28.3. The molecule has 0 saturated carbocycles. The van der Waals surface area contributed by atoms with Crippen LogP contribution in [0.1, 0.15) is 16.8 Å². The molecule has 12 nitrogen and oxygen atoms in total. The molecule has 0 aliphatic carbocycles. The summed E-state index contributed by atoms with van der Waals surface area (Å²) >= 11 is 6.44. The zero-order valence-electron chi connectivity index (χ0n) is 22.4. The van der Waals surface area contributed by atoms with Crippen molar-refractivity contribution in [3.05, 3.63) is 87.3 Å². The lowest BCUT2D eigenvalue weighted by atomic mass is 9.99. The molecule has 2 aromatic carbocycles. The molecule has 0 fully saturated rings. The molecule has 6 aromatic rings. The summed E-state index contributed by atoms with van der Waals surface area (Å²) in [6, 6.07) is 8.87. The molecule has 0 N–H and O–H groups in total. The molecule has 5 heterocycles. The number of tetrazole rings is 1. The monoisotopic (exact) mass is 644 g/mol. The average Bonchev–Trinajstić information content (AvgIpc) is 3.70. The summed E-state index contributed by atoms with van der Waals surface area (Å²) in [4.78, 5) is 22.1. The van der Waals surface area contributed by atoms with Gasteiger partial charge in [-0.2, -0.15) is 23.1 Å². The van der Waals surface area contributed by atoms with Crippen molar-refractivity contribution in [2.45, 2.75) is 25.9 Å². The van der Waals surface area contributed by atoms with Gasteiger partial charge in [0.2, 0.25) is 5.82 Å². The predicted octanol–water partition coefficient (Wildman–Crippen LogP) is 5.44. The summed E-state index contributed by atoms with van der Waals surface area (Å²) in [6.07, 6.45) is -6.30. The van der Waals surface area contributed by atoms with E-state index in [-0.39, 0.29) is 62.2 Å². The number of hydrogen-bond donors (Lipinski definition) is 0. The summed E-state index contributed by atoms with van der Waals surface area (Å²) in [5.41, 5.74) is -0.770. The van der Waals surface area contributed by atoms with Crippen molar-refractivity contribution in [3.8, 4) is 40.0 Å². The summed E-state index contributed by atoms with van der Waals surface area (Å²) < 4.78 is 83.6. The first-order chi connectivity index (χ1) is 21.4. The number of alkyl halides is 5. The van der Waals surface area contributed by atoms with Crippen LogP contribution in [0, 0.1) is 6.92 Å². The van der Waals surface area contributed by atoms with E-state index in [9.17, 15) is 26.7 Å². The van der Waals surface area contributed by atoms with Gasteiger partial charge in [0.25, 0.3) is 0 Å². The highest BCUT2D eigenvalue weighted by molar-refractivity contribution is 6.32. The Balaban J connectivity index is 1.35. The molecule has 45 heavy (non-hydrogen) atoms. The van der Waals surface area contributed by atoms with Gasteiger partial charge < -0.3 is 13.9 Å². The van der Waals surface area contributed by atoms with E-state index in [1.165, 1.54) is 36.0 Å². The average molecular weight is 645 g/mol. The topological polar surface area (TPSA) is 136 Å². The van der Waals surface area contributed by atoms with Crippen molar-refractivity contribution in [3.63, 3.8) is 0 Å². The Hall–Kier alpha value is -5.45. The second-order valence-corrected chi connectivity index (χ2v) is 10.1. The fourth-order valence-corrected chi connectivity index (χ4v) is 5.07. The number of nitrogens with zero attached hydrogens (tertiary/aromatic N) is 8. The van der Waals surface area contributed by atoms with Gasteiger partial charge >= 0.3 is 18.1 Å². The van der Waals surface area contributed by atoms with E-state index in [1.807, 2.05) is 0 Å². The van der Waals surface area contributed by atoms with Crippen LogP contribution in [0.5, 0.6) is 11.5 Å². The maximum absolute atomic E-state index is 14.5. The first-order valence-corrected chi connectivity index (χ1v) is 13.1. The molecule has 0 atom stereocenters. The lowest BCUT2D eigenvalue weighted by Gasteiger charge is -2.14. The molecule has 0 spiro atoms. The summed E-state index contributed by atoms with van der Waals surface area (Å²) in [5, 5.41) is 16.5. The van der Waals surface area contributed by atoms with Crippen molar-refractivity contribution >= 4 is 22.5 Å². The molecular formula is C27H14ClF5N8O4. The highest BCUT2D eigenvalue weighted by Gasteiger charge is 2.47. The SMILES string of the molecule is Cc1c(-c2cc(Cn3nnc(-c4ccc(C(F)(F)F)cc4)n3)nn2-c2ncccc2Cl)c2c(c3c(=O)ocnc13)OC(F)(F)O2. The van der Waals surface area contributed by atoms with E-state index in [4.69, 9.17) is 25.5 Å². The van der Waals surface area contributed by atoms with Crippen LogP contribution in [0.3, 0.4) is 0 Å². The van der Waals surface area contributed by atoms with Crippen LogP contribution in [0.4, 0.5) is 22.0 Å². The van der Waals surface area contributed by atoms with Gasteiger partial charge in [-0.3, -0.25) is 0 Å². The lowest BCUT2D eigenvalue weighted by Crippen LogP contribution is -2.26. The third-order valence-corrected chi connectivity index (χ3v) is 7.09. The number of fused-ring (bicyclic) bond motifs is 3. The lowest BCUT2D eigenvalue weighted by molar-refractivity contribution is -0.286. The standard InChI is InChI=1S/C27H14ClF5N8O4/c1-12-18(21-22(45-27(32,33)44-21)19-20(12)35-11-43-25(19)42)17-9-15(37-41(17)24-16(28)3-2-8-34-24)10-40-38-23(36-39-40)13-4-6-14(7-5-13)26(29,30)31/h2-9,11H,10H2,1H3. The van der Waals surface area contributed by atoms with E-state index in [0.29, 0.717) is 0 Å². The highest BCUT2D eigenvalue weighted by atomic mass is 35.5. The van der Waals surface area contributed by atoms with E-state index in [2.05, 4.69) is 30.5 Å². The van der Waals surface area contributed by atoms with Crippen LogP contribution < -0.4 is 15.1 Å². The first-order valence-electron chi connectivity index (χ1n) is 12.7. The number of aryl methyl sites for hydroxylation is 1. The normalized spacial score (nSPS) is 13.9. The molecule has 228 valence electrons. The van der Waals surface area contributed by atoms with Crippen LogP contribution in [0.15, 0.2) is 64.3 Å². The predicted molar refractivity (Wildman–Crippen MR) is 144 cm³/mol. The molecule has 1 aliphatic heterocycles. The van der Waals surface area contributed by atoms with E-state index >= 15 is 0 Å². The smallest absolute Gasteiger partial charge is 0.411 e. The molecule has 0 saturated heterocycles. The maximum atomic E-state index is 14.5. The molecule has 0 bridgehead atoms. The number of aromatic nitrogens is 8. The minimum atomic E-state index is -4.50. The molecular weight excluding hydrogens is 631 g/mol. The summed E-state index contributed by atoms with van der Waals surface area (Å²) in [6.45, 7) is 1.42. The quantitative estimate of drug-likeness (QED) is 0.223. The van der Waals surface area contributed by atoms with Crippen molar-refractivity contribution in [2.75, 3.05) is 0 Å². The van der Waals surface area contributed by atoms with Gasteiger partial charge in [0.1, 0.15) is 11.9 Å². The molecule has 0 unspecified atom stereocenters. The highest BCUT2D eigenvalue weighted by Crippen LogP contribution is 2.52. The third-order valence-electron chi connectivity index (χ3n) is 6.80. The fourth-order valence-electron chi connectivity index (χ4n) is 4.87. The fraction of sp³-hybridized carbons (Fsp3) is 0.148. The number of pyridine rings is 1. The van der Waals surface area contributed by atoms with Crippen molar-refractivity contribution < 1.29 is 35.8 Å². The van der Waals surface area contributed by atoms with Crippen LogP contribution in [-0.4, -0.2) is 46.3 Å². The van der Waals surface area contributed by atoms with Crippen molar-refractivity contribution in [1.29, 1.82) is 0 Å². The Bertz CT molecular complexity index is 2180. The van der Waals surface area contributed by atoms with Crippen LogP contribution >= 0.6 is 11.6 Å². The molecule has 1 aliphatic rings. The van der Waals surface area contributed by atoms with Gasteiger partial charge in [0.15, 0.2) is 23.7 Å². The number of rotatable bonds is 5. The second-order valence-electron chi connectivity index (χ2n) is 9.65. The van der Waals surface area contributed by atoms with Gasteiger partial charge in [0, 0.05) is 11.8 Å². The minimum Gasteiger partial charge on any atom is -0.411 e. The van der Waals surface area contributed by atoms with Crippen LogP contribution in [0.25, 0.3) is 39.4 Å². The van der Waals surface area contributed by atoms with Gasteiger partial charge in [-0.1, -0.05) is 23.7 Å². The Morgan fingerprint density at radius 1 is 1.02 bits per heavy atom. The molecule has 4 aromatic heterocycles. The zero-order chi connectivity index (χ0) is 31.7. The number of hydrogen-bond acceptors (Lipinski definition) is 10. The van der Waals surface area contributed by atoms with E-state index in [0.717, 1.165) is 23.3 Å². The largest absolute Gasteiger partial charge is 0.586 e. The molecule has 18 heteroatoms. The third kappa shape index (κ3) is 4.90. The number of ether oxygens (including phenoxy) is 2. The number of halogens is 6. The second kappa shape index (κ2) is 10.0. The molecule has 0 amide bonds. The summed E-state index contributed by atoms with van der Waals surface area (Å²) in [5.74, 6) is -0.861. The van der Waals surface area contributed by atoms with Crippen molar-refractivity contribution in [1.82, 2.24) is 40.0 Å². The van der Waals surface area contributed by atoms with E-state index in [1.54, 1.807) is 12.1 Å². The van der Waals surface area contributed by atoms with Gasteiger partial charge in [0.05, 0.1) is 33.1 Å². The Morgan fingerprint density at radius 3 is 2.51 bits per heavy atom. The van der Waals surface area contributed by atoms with Gasteiger partial charge in [-0.15, -0.1) is 19.0 Å². The maximum Gasteiger partial charge on any atom is 0.586 e. The summed E-state index contributed by atoms with van der Waals surface area (Å²) in [7, 11) is 0. The van der Waals surface area contributed by atoms with Gasteiger partial charge in [-0.25, -0.2) is 19.4 Å². The Labute approximate surface area is 251 Å². The minimum absolute atomic E-state index is 0.0156. The van der Waals surface area contributed by atoms with Gasteiger partial charge in [-0.05, 0) is 48.0 Å². The number of benzene rings is 2. The molecule has 0 radical (unpaired) electrons. The van der Waals surface area contributed by atoms with Crippen LogP contribution in [0.2, 0.25) is 5.02 Å². The van der Waals surface area contributed by atoms with E-state index < -0.39 is 35.2 Å². The van der Waals surface area contributed by atoms with Crippen LogP contribution in [-0.2, 0) is 12.7 Å². The molecule has 7 rings (SSSR count).